The molecule has 8 nitrogen and oxygen atoms in total. The van der Waals surface area contributed by atoms with Crippen molar-refractivity contribution in [1.29, 1.82) is 0 Å². The van der Waals surface area contributed by atoms with Crippen LogP contribution in [0.2, 0.25) is 0 Å². The molecular weight excluding hydrogens is 482 g/mol. The third-order valence-corrected chi connectivity index (χ3v) is 8.56. The zero-order valence-corrected chi connectivity index (χ0v) is 23.1. The molecule has 3 aliphatic rings. The van der Waals surface area contributed by atoms with E-state index in [-0.39, 0.29) is 37.4 Å². The Labute approximate surface area is 225 Å². The highest BCUT2D eigenvalue weighted by molar-refractivity contribution is 6.05. The third kappa shape index (κ3) is 4.18. The summed E-state index contributed by atoms with van der Waals surface area (Å²) in [5, 5.41) is 9.91. The Bertz CT molecular complexity index is 1110. The molecule has 2 bridgehead atoms. The van der Waals surface area contributed by atoms with Gasteiger partial charge in [0.25, 0.3) is 5.91 Å². The van der Waals surface area contributed by atoms with Crippen LogP contribution in [0.1, 0.15) is 44.2 Å². The van der Waals surface area contributed by atoms with Crippen molar-refractivity contribution >= 4 is 23.4 Å². The number of benzene rings is 1. The topological polar surface area (TPSA) is 90.4 Å². The summed E-state index contributed by atoms with van der Waals surface area (Å²) in [7, 11) is 0. The monoisotopic (exact) mass is 523 g/mol. The van der Waals surface area contributed by atoms with Crippen LogP contribution in [0.25, 0.3) is 0 Å². The number of amides is 3. The summed E-state index contributed by atoms with van der Waals surface area (Å²) in [5.41, 5.74) is 0.656. The summed E-state index contributed by atoms with van der Waals surface area (Å²) in [6, 6.07) is 4.89. The van der Waals surface area contributed by atoms with Gasteiger partial charge in [-0.05, 0) is 51.2 Å². The second kappa shape index (κ2) is 10.7. The number of para-hydroxylation sites is 1. The molecule has 1 spiro atoms. The maximum Gasteiger partial charge on any atom is 0.253 e. The molecule has 0 radical (unpaired) electrons. The van der Waals surface area contributed by atoms with E-state index in [0.29, 0.717) is 25.9 Å². The van der Waals surface area contributed by atoms with Crippen LogP contribution in [-0.2, 0) is 19.1 Å². The molecule has 3 heterocycles. The minimum absolute atomic E-state index is 0.00547. The highest BCUT2D eigenvalue weighted by Crippen LogP contribution is 2.63. The molecule has 1 aromatic carbocycles. The first-order valence-electron chi connectivity index (χ1n) is 13.6. The number of carbonyl (C=O) groups excluding carboxylic acids is 3. The SMILES string of the molecule is C=CCN(CCC)C(=O)[C@H]1[C@H]2C(=O)N(CCO)C(C(=O)N(CC=C)c3c(C)cccc3C)C23CC[C@]1(C)O3. The van der Waals surface area contributed by atoms with Gasteiger partial charge in [-0.25, -0.2) is 0 Å². The number of fused-ring (bicyclic) bond motifs is 1. The van der Waals surface area contributed by atoms with Crippen molar-refractivity contribution in [2.24, 2.45) is 11.8 Å². The molecule has 3 saturated heterocycles. The van der Waals surface area contributed by atoms with Gasteiger partial charge in [0.15, 0.2) is 0 Å². The summed E-state index contributed by atoms with van der Waals surface area (Å²) in [6.45, 7) is 16.4. The molecule has 4 rings (SSSR count). The Balaban J connectivity index is 1.82. The lowest BCUT2D eigenvalue weighted by atomic mass is 9.66. The molecule has 1 N–H and O–H groups in total. The minimum Gasteiger partial charge on any atom is -0.395 e. The number of likely N-dealkylation sites (tertiary alicyclic amines) is 1. The van der Waals surface area contributed by atoms with E-state index >= 15 is 0 Å². The second-order valence-electron chi connectivity index (χ2n) is 11.0. The number of β-amino-alcohol motifs (C(OH)–C–C–N with tert-alkyl or cyclic N) is 1. The average molecular weight is 524 g/mol. The van der Waals surface area contributed by atoms with E-state index in [1.165, 1.54) is 4.90 Å². The molecule has 3 fully saturated rings. The first kappa shape index (κ1) is 28.0. The quantitative estimate of drug-likeness (QED) is 0.451. The van der Waals surface area contributed by atoms with Gasteiger partial charge in [0.05, 0.1) is 24.0 Å². The van der Waals surface area contributed by atoms with Gasteiger partial charge in [-0.15, -0.1) is 13.2 Å². The van der Waals surface area contributed by atoms with E-state index < -0.39 is 29.1 Å². The van der Waals surface area contributed by atoms with Crippen LogP contribution in [-0.4, -0.2) is 82.7 Å². The highest BCUT2D eigenvalue weighted by Gasteiger charge is 2.78. The molecular formula is C30H41N3O5. The predicted octanol–water partition coefficient (Wildman–Crippen LogP) is 3.00. The zero-order valence-electron chi connectivity index (χ0n) is 23.1. The lowest BCUT2D eigenvalue weighted by molar-refractivity contribution is -0.149. The summed E-state index contributed by atoms with van der Waals surface area (Å²) in [4.78, 5) is 47.4. The maximum atomic E-state index is 14.5. The fourth-order valence-corrected chi connectivity index (χ4v) is 7.14. The Morgan fingerprint density at radius 3 is 2.39 bits per heavy atom. The summed E-state index contributed by atoms with van der Waals surface area (Å²) < 4.78 is 6.73. The van der Waals surface area contributed by atoms with Crippen LogP contribution in [0.3, 0.4) is 0 Å². The van der Waals surface area contributed by atoms with Crippen molar-refractivity contribution in [3.8, 4) is 0 Å². The van der Waals surface area contributed by atoms with Crippen molar-refractivity contribution in [1.82, 2.24) is 9.80 Å². The number of ether oxygens (including phenoxy) is 1. The fraction of sp³-hybridized carbons (Fsp3) is 0.567. The molecule has 206 valence electrons. The summed E-state index contributed by atoms with van der Waals surface area (Å²) in [5.74, 6) is -2.21. The molecule has 0 saturated carbocycles. The van der Waals surface area contributed by atoms with E-state index in [1.54, 1.807) is 22.0 Å². The van der Waals surface area contributed by atoms with Crippen LogP contribution in [0, 0.1) is 25.7 Å². The van der Waals surface area contributed by atoms with Gasteiger partial charge in [0.1, 0.15) is 11.6 Å². The predicted molar refractivity (Wildman–Crippen MR) is 147 cm³/mol. The number of hydrogen-bond donors (Lipinski definition) is 1. The standard InChI is InChI=1S/C30H41N3O5/c1-7-15-31(16-8-2)26(35)22-23-27(36)33(18-19-34)25(30(23)14-13-29(22,6)38-30)28(37)32(17-9-3)24-20(4)11-10-12-21(24)5/h7,9-12,22-23,25,34H,1,3,8,13-19H2,2,4-6H3/t22-,23+,25?,29+,30?/m1/s1. The number of carbonyl (C=O) groups is 3. The molecule has 1 aromatic rings. The number of hydrogen-bond acceptors (Lipinski definition) is 5. The first-order valence-corrected chi connectivity index (χ1v) is 13.6. The van der Waals surface area contributed by atoms with Gasteiger partial charge in [-0.2, -0.15) is 0 Å². The van der Waals surface area contributed by atoms with Crippen LogP contribution < -0.4 is 4.90 Å². The number of aliphatic hydroxyl groups excluding tert-OH is 1. The van der Waals surface area contributed by atoms with Crippen LogP contribution >= 0.6 is 0 Å². The number of aryl methyl sites for hydroxylation is 2. The number of anilines is 1. The largest absolute Gasteiger partial charge is 0.395 e. The molecule has 0 aliphatic carbocycles. The van der Waals surface area contributed by atoms with Gasteiger partial charge in [0.2, 0.25) is 11.8 Å². The Morgan fingerprint density at radius 1 is 1.16 bits per heavy atom. The van der Waals surface area contributed by atoms with Gasteiger partial charge >= 0.3 is 0 Å². The third-order valence-electron chi connectivity index (χ3n) is 8.56. The van der Waals surface area contributed by atoms with Crippen LogP contribution in [0.5, 0.6) is 0 Å². The lowest BCUT2D eigenvalue weighted by Crippen LogP contribution is -2.57. The van der Waals surface area contributed by atoms with Crippen molar-refractivity contribution in [2.45, 2.75) is 64.2 Å². The molecule has 3 aliphatic heterocycles. The van der Waals surface area contributed by atoms with Gasteiger partial charge in [0, 0.05) is 31.9 Å². The number of rotatable bonds is 11. The van der Waals surface area contributed by atoms with Crippen LogP contribution in [0.15, 0.2) is 43.5 Å². The zero-order chi connectivity index (χ0) is 27.8. The molecule has 38 heavy (non-hydrogen) atoms. The molecule has 0 aromatic heterocycles. The van der Waals surface area contributed by atoms with Gasteiger partial charge < -0.3 is 24.5 Å². The normalized spacial score (nSPS) is 29.3. The van der Waals surface area contributed by atoms with Crippen molar-refractivity contribution < 1.29 is 24.2 Å². The Kier molecular flexibility index (Phi) is 7.86. The fourth-order valence-electron chi connectivity index (χ4n) is 7.14. The van der Waals surface area contributed by atoms with E-state index in [0.717, 1.165) is 23.2 Å². The molecule has 3 amide bonds. The number of aliphatic hydroxyl groups is 1. The van der Waals surface area contributed by atoms with Crippen LogP contribution in [0.4, 0.5) is 5.69 Å². The highest BCUT2D eigenvalue weighted by atomic mass is 16.5. The van der Waals surface area contributed by atoms with E-state index in [4.69, 9.17) is 4.74 Å². The number of nitrogens with zero attached hydrogens (tertiary/aromatic N) is 3. The summed E-state index contributed by atoms with van der Waals surface area (Å²) in [6.07, 6.45) is 5.20. The average Bonchev–Trinajstić information content (AvgIpc) is 3.43. The van der Waals surface area contributed by atoms with Gasteiger partial charge in [-0.1, -0.05) is 37.3 Å². The smallest absolute Gasteiger partial charge is 0.253 e. The first-order chi connectivity index (χ1) is 18.1. The summed E-state index contributed by atoms with van der Waals surface area (Å²) >= 11 is 0. The Hall–Kier alpha value is -2.97. The van der Waals surface area contributed by atoms with Crippen molar-refractivity contribution in [3.05, 3.63) is 54.6 Å². The van der Waals surface area contributed by atoms with Crippen molar-refractivity contribution in [3.63, 3.8) is 0 Å². The molecule has 2 unspecified atom stereocenters. The van der Waals surface area contributed by atoms with Gasteiger partial charge in [-0.3, -0.25) is 14.4 Å². The molecule has 5 atom stereocenters. The van der Waals surface area contributed by atoms with E-state index in [1.807, 2.05) is 45.9 Å². The lowest BCUT2D eigenvalue weighted by Gasteiger charge is -2.37. The molecule has 8 heteroatoms. The van der Waals surface area contributed by atoms with E-state index in [2.05, 4.69) is 13.2 Å². The minimum atomic E-state index is -1.14. The Morgan fingerprint density at radius 2 is 1.82 bits per heavy atom. The van der Waals surface area contributed by atoms with E-state index in [9.17, 15) is 19.5 Å². The maximum absolute atomic E-state index is 14.5. The van der Waals surface area contributed by atoms with Crippen molar-refractivity contribution in [2.75, 3.05) is 37.7 Å². The second-order valence-corrected chi connectivity index (χ2v) is 11.0.